The number of nitrogens with zero attached hydrogens (tertiary/aromatic N) is 3. The van der Waals surface area contributed by atoms with Crippen LogP contribution in [-0.2, 0) is 56.1 Å². The van der Waals surface area contributed by atoms with E-state index in [9.17, 15) is 110 Å². The second kappa shape index (κ2) is 39.6. The minimum absolute atomic E-state index is 0.0477. The number of benzene rings is 12. The highest BCUT2D eigenvalue weighted by Crippen LogP contribution is 2.50. The molecule has 12 aromatic carbocycles. The first kappa shape index (κ1) is 90.7. The van der Waals surface area contributed by atoms with Crippen LogP contribution >= 0.6 is 7.60 Å². The summed E-state index contributed by atoms with van der Waals surface area (Å²) in [5.74, 6) is -3.98. The van der Waals surface area contributed by atoms with Crippen molar-refractivity contribution in [2.24, 2.45) is 0 Å². The van der Waals surface area contributed by atoms with Crippen LogP contribution < -0.4 is 20.0 Å². The van der Waals surface area contributed by atoms with E-state index in [1.807, 2.05) is 6.07 Å². The Morgan fingerprint density at radius 2 is 0.685 bits per heavy atom. The summed E-state index contributed by atoms with van der Waals surface area (Å²) in [6.07, 6.45) is -6.70. The lowest BCUT2D eigenvalue weighted by Crippen LogP contribution is -2.61. The summed E-state index contributed by atoms with van der Waals surface area (Å²) in [5.41, 5.74) is 8.16. The number of carbonyl (C=O) groups is 6. The maximum absolute atomic E-state index is 13.5. The Morgan fingerprint density at radius 1 is 0.370 bits per heavy atom. The van der Waals surface area contributed by atoms with E-state index in [-0.39, 0.29) is 99.2 Å². The van der Waals surface area contributed by atoms with Crippen LogP contribution in [0.15, 0.2) is 291 Å². The van der Waals surface area contributed by atoms with E-state index in [0.717, 1.165) is 0 Å². The molecule has 12 aromatic rings. The number of phenols is 4. The van der Waals surface area contributed by atoms with E-state index in [1.54, 1.807) is 176 Å². The van der Waals surface area contributed by atoms with Gasteiger partial charge >= 0.3 is 7.60 Å². The third kappa shape index (κ3) is 20.0. The predicted molar refractivity (Wildman–Crippen MR) is 473 cm³/mol. The van der Waals surface area contributed by atoms with Crippen LogP contribution in [0.4, 0.5) is 30.2 Å². The normalized spacial score (nSPS) is 20.8. The molecule has 16 rings (SSSR count). The molecule has 0 saturated carbocycles. The molecule has 3 amide bonds. The Bertz CT molecular complexity index is 6190. The van der Waals surface area contributed by atoms with Crippen molar-refractivity contribution in [3.63, 3.8) is 0 Å². The first-order chi connectivity index (χ1) is 61.0. The molecular formula is C96H83F3N3O21PS3. The number of phenolic OH excluding ortho intramolecular Hbond substituents is 4. The Labute approximate surface area is 733 Å². The number of aliphatic hydroxyl groups is 4. The zero-order valence-corrected chi connectivity index (χ0v) is 70.5. The van der Waals surface area contributed by atoms with Gasteiger partial charge < -0.3 is 70.1 Å². The lowest BCUT2D eigenvalue weighted by molar-refractivity contribution is -0.231. The van der Waals surface area contributed by atoms with Crippen LogP contribution in [-0.4, -0.2) is 162 Å². The van der Waals surface area contributed by atoms with Gasteiger partial charge in [-0.15, -0.1) is 0 Å². The van der Waals surface area contributed by atoms with E-state index in [4.69, 9.17) is 4.74 Å². The maximum Gasteiger partial charge on any atom is 0.356 e. The highest BCUT2D eigenvalue weighted by molar-refractivity contribution is 7.87. The number of anilines is 3. The smallest absolute Gasteiger partial charge is 0.356 e. The number of halogens is 3. The van der Waals surface area contributed by atoms with Crippen molar-refractivity contribution in [2.45, 2.75) is 83.7 Å². The van der Waals surface area contributed by atoms with Gasteiger partial charge in [0.15, 0.2) is 17.3 Å². The number of β-lactam (4-membered cyclic amide) rings is 3. The van der Waals surface area contributed by atoms with Crippen molar-refractivity contribution >= 4 is 97.4 Å². The minimum Gasteiger partial charge on any atom is -0.508 e. The fourth-order valence-electron chi connectivity index (χ4n) is 15.7. The van der Waals surface area contributed by atoms with Gasteiger partial charge in [0.2, 0.25) is 17.7 Å². The van der Waals surface area contributed by atoms with Gasteiger partial charge in [0.25, 0.3) is 0 Å². The molecule has 4 unspecified atom stereocenters. The van der Waals surface area contributed by atoms with Crippen molar-refractivity contribution in [3.8, 4) is 56.4 Å². The second-order valence-corrected chi connectivity index (χ2v) is 37.0. The number of aliphatic hydroxyl groups excluding tert-OH is 4. The van der Waals surface area contributed by atoms with E-state index in [2.05, 4.69) is 0 Å². The summed E-state index contributed by atoms with van der Waals surface area (Å²) in [4.78, 5) is 101. The molecule has 127 heavy (non-hydrogen) atoms. The van der Waals surface area contributed by atoms with Crippen molar-refractivity contribution in [3.05, 3.63) is 348 Å². The van der Waals surface area contributed by atoms with E-state index < -0.39 is 140 Å². The first-order valence-electron chi connectivity index (χ1n) is 39.9. The predicted octanol–water partition coefficient (Wildman–Crippen LogP) is 13.1. The zero-order valence-electron chi connectivity index (χ0n) is 67.1. The van der Waals surface area contributed by atoms with E-state index >= 15 is 0 Å². The number of ether oxygens (including phenoxy) is 1. The van der Waals surface area contributed by atoms with Gasteiger partial charge in [-0.2, -0.15) is 0 Å². The van der Waals surface area contributed by atoms with Gasteiger partial charge in [-0.1, -0.05) is 140 Å². The molecule has 0 aliphatic carbocycles. The molecular weight excluding hydrogens is 1720 g/mol. The van der Waals surface area contributed by atoms with Gasteiger partial charge in [-0.05, 0) is 191 Å². The van der Waals surface area contributed by atoms with Crippen LogP contribution in [0.25, 0.3) is 33.4 Å². The Hall–Kier alpha value is -12.6. The average molecular weight is 1800 g/mol. The number of aromatic hydroxyl groups is 4. The van der Waals surface area contributed by atoms with Crippen molar-refractivity contribution < 1.29 is 115 Å². The lowest BCUT2D eigenvalue weighted by atomic mass is 9.89. The van der Waals surface area contributed by atoms with Gasteiger partial charge in [0.1, 0.15) is 86.7 Å². The van der Waals surface area contributed by atoms with Crippen LogP contribution in [0.3, 0.4) is 0 Å². The molecule has 652 valence electrons. The highest BCUT2D eigenvalue weighted by Gasteiger charge is 2.56. The number of carbonyl (C=O) groups excluding carboxylic acids is 6. The van der Waals surface area contributed by atoms with E-state index in [1.165, 1.54) is 124 Å². The van der Waals surface area contributed by atoms with Crippen LogP contribution in [0.2, 0.25) is 0 Å². The average Bonchev–Trinajstić information content (AvgIpc) is 0.736. The Morgan fingerprint density at radius 3 is 1.00 bits per heavy atom. The largest absolute Gasteiger partial charge is 0.508 e. The van der Waals surface area contributed by atoms with Crippen LogP contribution in [0.5, 0.6) is 23.0 Å². The molecule has 4 aliphatic rings. The molecule has 24 nitrogen and oxygen atoms in total. The SMILES string of the molecule is O=C(CCS(=O)[C@H]1C(=O)N(c2ccccc2)[C@@H]1c1ccc(-c2ccc(C3O[C@H](CO)[C@@H](O)[C@H](O)[C@H]3O)cc2)cc1O)c1ccc(F)cc1.O=C(CCS(=O)[C@H]1C(=O)N(c2ccccc2)[C@@H]1c1ccc(-c2ccc(P(=O)(O)O)cc2)cc1O)c1ccc(F)cc1.O=C(CCS(=O)[C@H]1C(=O)N(c2ccccc2)[C@@H]1c1ccc(-c2cccc(O)c2)cc1O)c1ccc(F)cc1. The number of amides is 3. The summed E-state index contributed by atoms with van der Waals surface area (Å²) in [6.45, 7) is -0.540. The van der Waals surface area contributed by atoms with Crippen molar-refractivity contribution in [2.75, 3.05) is 38.6 Å². The molecule has 4 fully saturated rings. The monoisotopic (exact) mass is 1800 g/mol. The summed E-state index contributed by atoms with van der Waals surface area (Å²) in [5, 5.41) is 80.3. The molecule has 0 aromatic heterocycles. The van der Waals surface area contributed by atoms with Gasteiger partial charge in [-0.3, -0.25) is 46.0 Å². The van der Waals surface area contributed by atoms with Crippen LogP contribution in [0.1, 0.15) is 96.8 Å². The maximum atomic E-state index is 13.5. The third-order valence-electron chi connectivity index (χ3n) is 22.4. The standard InChI is InChI=1S/C36H34FNO9S.C30H25FNO7PS.C30H24FNO5S/c37-24-13-10-21(11-14-24)27(40)16-17-48(46)35-30(38(36(35)45)25-4-2-1-3-5-25)26-15-12-23(18-28(26)41)20-6-8-22(9-7-20)34-33(44)32(43)31(42)29(19-39)47-34;31-22-11-6-20(7-12-22)26(33)16-17-41(39)29-28(32(30(29)35)23-4-2-1-3-5-23)25-15-10-21(18-27(25)34)19-8-13-24(14-9-19)40(36,37)38;31-22-12-9-19(10-13-22)26(34)15-16-38(37)29-28(32(30(29)36)23-6-2-1-3-7-23)25-14-11-21(18-27(25)35)20-5-4-8-24(33)17-20/h1-15,18,29-35,39,41-44H,16-17,19H2;1-15,18,28-29,34H,16-17H2,(H2,36,37,38);1-14,17-18,28-29,33,35H,15-16H2/t29-,30-,31-,32+,33-,34?,35-,48?;28-,29-,41?;28-,29-,38?/m111/s1. The molecule has 31 heteroatoms. The molecule has 0 bridgehead atoms. The summed E-state index contributed by atoms with van der Waals surface area (Å²) in [6, 6.07) is 73.4. The number of para-hydroxylation sites is 3. The number of ketones is 3. The molecule has 10 N–H and O–H groups in total. The van der Waals surface area contributed by atoms with Gasteiger partial charge in [0, 0.05) is 119 Å². The van der Waals surface area contributed by atoms with Gasteiger partial charge in [-0.25, -0.2) is 13.2 Å². The van der Waals surface area contributed by atoms with Crippen molar-refractivity contribution in [1.82, 2.24) is 0 Å². The Balaban J connectivity index is 0.000000155. The lowest BCUT2D eigenvalue weighted by Gasteiger charge is -2.46. The fraction of sp³-hybridized carbons (Fsp3) is 0.188. The number of rotatable bonds is 27. The first-order valence-corrected chi connectivity index (χ1v) is 45.7. The minimum atomic E-state index is -4.40. The number of hydrogen-bond acceptors (Lipinski definition) is 19. The quantitative estimate of drug-likeness (QED) is 0.0130. The Kier molecular flexibility index (Phi) is 28.2. The third-order valence-corrected chi connectivity index (χ3v) is 28.3. The second-order valence-electron chi connectivity index (χ2n) is 30.4. The zero-order chi connectivity index (χ0) is 90.2. The number of Topliss-reactive ketones (excluding diaryl/α,β-unsaturated/α-hetero) is 3. The highest BCUT2D eigenvalue weighted by atomic mass is 32.2. The molecule has 4 aliphatic heterocycles. The molecule has 0 spiro atoms. The summed E-state index contributed by atoms with van der Waals surface area (Å²) < 4.78 is 97.1. The molecule has 4 saturated heterocycles. The van der Waals surface area contributed by atoms with Gasteiger partial charge in [0.05, 0.1) is 30.0 Å². The van der Waals surface area contributed by atoms with Crippen LogP contribution in [0, 0.1) is 17.5 Å². The molecule has 4 heterocycles. The molecule has 14 atom stereocenters. The topological polar surface area (TPSA) is 392 Å². The molecule has 0 radical (unpaired) electrons. The summed E-state index contributed by atoms with van der Waals surface area (Å²) >= 11 is 0. The number of hydrogen-bond donors (Lipinski definition) is 10. The van der Waals surface area contributed by atoms with Crippen molar-refractivity contribution in [1.29, 1.82) is 0 Å². The fourth-order valence-corrected chi connectivity index (χ4v) is 20.8. The van der Waals surface area contributed by atoms with E-state index in [0.29, 0.717) is 78.3 Å². The summed E-state index contributed by atoms with van der Waals surface area (Å²) in [7, 11) is -9.65.